The number of carbonyl (C=O) groups is 1. The van der Waals surface area contributed by atoms with E-state index < -0.39 is 0 Å². The van der Waals surface area contributed by atoms with Crippen LogP contribution in [-0.2, 0) is 0 Å². The van der Waals surface area contributed by atoms with Gasteiger partial charge in [0, 0.05) is 10.9 Å². The molecule has 6 heteroatoms. The Morgan fingerprint density at radius 2 is 2.26 bits per heavy atom. The normalized spacial score (nSPS) is 15.7. The van der Waals surface area contributed by atoms with Crippen LogP contribution in [0.5, 0.6) is 0 Å². The summed E-state index contributed by atoms with van der Waals surface area (Å²) in [6.45, 7) is 4.12. The molecule has 3 N–H and O–H groups in total. The molecule has 0 aromatic carbocycles. The van der Waals surface area contributed by atoms with E-state index >= 15 is 0 Å². The molecule has 2 aromatic rings. The standard InChI is InChI=1S/C13H16N4OS/c1-13(2,7-3-4-7)16-11(18)10-9(14)8-5-6-15-17-12(8)19-10/h5-7H,3-4,14H2,1-2H3,(H,16,18). The number of hydrogen-bond donors (Lipinski definition) is 2. The van der Waals surface area contributed by atoms with Crippen LogP contribution in [0.25, 0.3) is 10.2 Å². The fourth-order valence-corrected chi connectivity index (χ4v) is 3.23. The molecule has 0 bridgehead atoms. The quantitative estimate of drug-likeness (QED) is 0.900. The molecule has 1 fully saturated rings. The SMILES string of the molecule is CC(C)(NC(=O)c1sc2nnccc2c1N)C1CC1. The number of carbonyl (C=O) groups excluding carboxylic acids is 1. The van der Waals surface area contributed by atoms with Crippen molar-refractivity contribution in [1.82, 2.24) is 15.5 Å². The van der Waals surface area contributed by atoms with Gasteiger partial charge in [0.1, 0.15) is 9.71 Å². The number of rotatable bonds is 3. The van der Waals surface area contributed by atoms with Gasteiger partial charge in [-0.3, -0.25) is 4.79 Å². The van der Waals surface area contributed by atoms with E-state index in [4.69, 9.17) is 5.73 Å². The number of nitrogen functional groups attached to an aromatic ring is 1. The molecule has 0 spiro atoms. The molecule has 2 heterocycles. The van der Waals surface area contributed by atoms with Crippen LogP contribution < -0.4 is 11.1 Å². The van der Waals surface area contributed by atoms with Gasteiger partial charge in [0.15, 0.2) is 0 Å². The minimum Gasteiger partial charge on any atom is -0.397 e. The topological polar surface area (TPSA) is 80.9 Å². The molecule has 19 heavy (non-hydrogen) atoms. The summed E-state index contributed by atoms with van der Waals surface area (Å²) in [4.78, 5) is 13.6. The van der Waals surface area contributed by atoms with E-state index in [1.54, 1.807) is 12.3 Å². The largest absolute Gasteiger partial charge is 0.397 e. The Hall–Kier alpha value is -1.69. The van der Waals surface area contributed by atoms with E-state index in [2.05, 4.69) is 29.4 Å². The lowest BCUT2D eigenvalue weighted by Gasteiger charge is -2.25. The van der Waals surface area contributed by atoms with Crippen LogP contribution in [-0.4, -0.2) is 21.6 Å². The monoisotopic (exact) mass is 276 g/mol. The minimum atomic E-state index is -0.175. The minimum absolute atomic E-state index is 0.114. The van der Waals surface area contributed by atoms with E-state index in [0.717, 1.165) is 5.39 Å². The van der Waals surface area contributed by atoms with Crippen LogP contribution in [0.3, 0.4) is 0 Å². The summed E-state index contributed by atoms with van der Waals surface area (Å²) in [5.74, 6) is 0.462. The fraction of sp³-hybridized carbons (Fsp3) is 0.462. The van der Waals surface area contributed by atoms with E-state index in [1.165, 1.54) is 24.2 Å². The van der Waals surface area contributed by atoms with Gasteiger partial charge < -0.3 is 11.1 Å². The second-order valence-electron chi connectivity index (χ2n) is 5.54. The van der Waals surface area contributed by atoms with Crippen LogP contribution in [0.2, 0.25) is 0 Å². The molecule has 1 saturated carbocycles. The molecule has 0 atom stereocenters. The summed E-state index contributed by atoms with van der Waals surface area (Å²) < 4.78 is 0. The molecule has 1 aliphatic rings. The molecule has 3 rings (SSSR count). The van der Waals surface area contributed by atoms with Gasteiger partial charge in [-0.2, -0.15) is 5.10 Å². The van der Waals surface area contributed by atoms with Crippen LogP contribution in [0.1, 0.15) is 36.4 Å². The van der Waals surface area contributed by atoms with Gasteiger partial charge in [-0.15, -0.1) is 16.4 Å². The van der Waals surface area contributed by atoms with Crippen molar-refractivity contribution in [2.24, 2.45) is 5.92 Å². The first-order chi connectivity index (χ1) is 8.99. The van der Waals surface area contributed by atoms with E-state index in [0.29, 0.717) is 21.3 Å². The number of nitrogens with one attached hydrogen (secondary N) is 1. The van der Waals surface area contributed by atoms with Crippen LogP contribution in [0.15, 0.2) is 12.3 Å². The molecular formula is C13H16N4OS. The van der Waals surface area contributed by atoms with Crippen molar-refractivity contribution in [2.45, 2.75) is 32.2 Å². The van der Waals surface area contributed by atoms with E-state index in [-0.39, 0.29) is 11.4 Å². The summed E-state index contributed by atoms with van der Waals surface area (Å²) in [6, 6.07) is 1.79. The third-order valence-corrected chi connectivity index (χ3v) is 4.76. The Morgan fingerprint density at radius 1 is 1.53 bits per heavy atom. The second kappa shape index (κ2) is 4.16. The number of hydrogen-bond acceptors (Lipinski definition) is 5. The summed E-state index contributed by atoms with van der Waals surface area (Å²) in [7, 11) is 0. The summed E-state index contributed by atoms with van der Waals surface area (Å²) in [5.41, 5.74) is 6.36. The number of aromatic nitrogens is 2. The first-order valence-electron chi connectivity index (χ1n) is 6.31. The lowest BCUT2D eigenvalue weighted by molar-refractivity contribution is 0.0908. The van der Waals surface area contributed by atoms with E-state index in [9.17, 15) is 4.79 Å². The van der Waals surface area contributed by atoms with Crippen molar-refractivity contribution >= 4 is 33.1 Å². The fourth-order valence-electron chi connectivity index (χ4n) is 2.30. The van der Waals surface area contributed by atoms with Crippen LogP contribution >= 0.6 is 11.3 Å². The van der Waals surface area contributed by atoms with Crippen molar-refractivity contribution < 1.29 is 4.79 Å². The van der Waals surface area contributed by atoms with Gasteiger partial charge in [0.05, 0.1) is 11.9 Å². The molecule has 2 aromatic heterocycles. The van der Waals surface area contributed by atoms with Crippen LogP contribution in [0, 0.1) is 5.92 Å². The molecule has 100 valence electrons. The van der Waals surface area contributed by atoms with Crippen molar-refractivity contribution in [1.29, 1.82) is 0 Å². The lowest BCUT2D eigenvalue weighted by Crippen LogP contribution is -2.45. The third kappa shape index (κ3) is 2.16. The average Bonchev–Trinajstić information content (AvgIpc) is 3.16. The third-order valence-electron chi connectivity index (χ3n) is 3.66. The highest BCUT2D eigenvalue weighted by molar-refractivity contribution is 7.21. The number of nitrogens with zero attached hydrogens (tertiary/aromatic N) is 2. The highest BCUT2D eigenvalue weighted by atomic mass is 32.1. The maximum absolute atomic E-state index is 12.4. The second-order valence-corrected chi connectivity index (χ2v) is 6.54. The van der Waals surface area contributed by atoms with E-state index in [1.807, 2.05) is 0 Å². The first kappa shape index (κ1) is 12.3. The Kier molecular flexibility index (Phi) is 2.70. The molecule has 0 unspecified atom stereocenters. The predicted octanol–water partition coefficient (Wildman–Crippen LogP) is 2.19. The molecule has 1 amide bonds. The van der Waals surface area contributed by atoms with Gasteiger partial charge >= 0.3 is 0 Å². The molecule has 0 radical (unpaired) electrons. The maximum atomic E-state index is 12.4. The van der Waals surface area contributed by atoms with Crippen molar-refractivity contribution in [3.8, 4) is 0 Å². The first-order valence-corrected chi connectivity index (χ1v) is 7.13. The van der Waals surface area contributed by atoms with Gasteiger partial charge in [-0.05, 0) is 38.7 Å². The van der Waals surface area contributed by atoms with Gasteiger partial charge in [0.2, 0.25) is 0 Å². The van der Waals surface area contributed by atoms with Crippen molar-refractivity contribution in [3.05, 3.63) is 17.1 Å². The zero-order valence-electron chi connectivity index (χ0n) is 10.9. The highest BCUT2D eigenvalue weighted by Gasteiger charge is 2.39. The summed E-state index contributed by atoms with van der Waals surface area (Å²) in [5, 5.41) is 11.7. The molecule has 1 aliphatic carbocycles. The predicted molar refractivity (Wildman–Crippen MR) is 76.1 cm³/mol. The number of amides is 1. The smallest absolute Gasteiger partial charge is 0.263 e. The Labute approximate surface area is 115 Å². The van der Waals surface area contributed by atoms with Gasteiger partial charge in [-0.25, -0.2) is 0 Å². The number of anilines is 1. The molecule has 0 aliphatic heterocycles. The van der Waals surface area contributed by atoms with Gasteiger partial charge in [0.25, 0.3) is 5.91 Å². The molecule has 0 saturated heterocycles. The van der Waals surface area contributed by atoms with Crippen LogP contribution in [0.4, 0.5) is 5.69 Å². The summed E-state index contributed by atoms with van der Waals surface area (Å²) >= 11 is 1.29. The maximum Gasteiger partial charge on any atom is 0.263 e. The lowest BCUT2D eigenvalue weighted by atomic mass is 9.98. The van der Waals surface area contributed by atoms with Gasteiger partial charge in [-0.1, -0.05) is 0 Å². The number of nitrogens with two attached hydrogens (primary N) is 1. The zero-order valence-corrected chi connectivity index (χ0v) is 11.8. The highest BCUT2D eigenvalue weighted by Crippen LogP contribution is 2.40. The van der Waals surface area contributed by atoms with Crippen molar-refractivity contribution in [2.75, 3.05) is 5.73 Å². The van der Waals surface area contributed by atoms with Crippen molar-refractivity contribution in [3.63, 3.8) is 0 Å². The Bertz CT molecular complexity index is 645. The zero-order chi connectivity index (χ0) is 13.6. The number of thiophene rings is 1. The molecular weight excluding hydrogens is 260 g/mol. The molecule has 5 nitrogen and oxygen atoms in total. The average molecular weight is 276 g/mol. The Balaban J connectivity index is 1.91. The summed E-state index contributed by atoms with van der Waals surface area (Å²) in [6.07, 6.45) is 3.95. The number of fused-ring (bicyclic) bond motifs is 1. The Morgan fingerprint density at radius 3 is 2.89 bits per heavy atom.